The fourth-order valence-corrected chi connectivity index (χ4v) is 6.94. The first-order valence-corrected chi connectivity index (χ1v) is 12.5. The van der Waals surface area contributed by atoms with Gasteiger partial charge in [0.2, 0.25) is 5.82 Å². The number of rotatable bonds is 4. The van der Waals surface area contributed by atoms with E-state index in [1.807, 2.05) is 9.80 Å². The lowest BCUT2D eigenvalue weighted by molar-refractivity contribution is -0.145. The molecule has 3 saturated carbocycles. The van der Waals surface area contributed by atoms with Crippen LogP contribution in [0, 0.1) is 16.7 Å². The lowest BCUT2D eigenvalue weighted by Crippen LogP contribution is -2.71. The van der Waals surface area contributed by atoms with Gasteiger partial charge < -0.3 is 9.80 Å². The number of aromatic amines is 1. The summed E-state index contributed by atoms with van der Waals surface area (Å²) in [4.78, 5) is 28.5. The Bertz CT molecular complexity index is 1150. The average Bonchev–Trinajstić information content (AvgIpc) is 3.44. The summed E-state index contributed by atoms with van der Waals surface area (Å²) >= 11 is 0. The SMILES string of the molecule is O=C(N1CC2(CC(Cc3ccnc(C(F)(F)F)n3)C2)C1)N1CC2(CC(c3nc(C4CC4)n[nH]3)C2)C1. The van der Waals surface area contributed by atoms with E-state index in [0.29, 0.717) is 29.9 Å². The molecule has 0 unspecified atom stereocenters. The van der Waals surface area contributed by atoms with Gasteiger partial charge in [-0.2, -0.15) is 18.3 Å². The van der Waals surface area contributed by atoms with Crippen molar-refractivity contribution in [3.8, 4) is 0 Å². The van der Waals surface area contributed by atoms with Crippen LogP contribution in [0.2, 0.25) is 0 Å². The summed E-state index contributed by atoms with van der Waals surface area (Å²) in [5.41, 5.74) is 0.845. The Morgan fingerprint density at radius 3 is 2.29 bits per heavy atom. The minimum absolute atomic E-state index is 0.134. The van der Waals surface area contributed by atoms with Crippen molar-refractivity contribution in [2.24, 2.45) is 16.7 Å². The molecular formula is C24H28F3N7O. The quantitative estimate of drug-likeness (QED) is 0.710. The third-order valence-corrected chi connectivity index (χ3v) is 8.76. The Morgan fingerprint density at radius 2 is 1.66 bits per heavy atom. The fraction of sp³-hybridized carbons (Fsp3) is 0.708. The minimum atomic E-state index is -4.52. The summed E-state index contributed by atoms with van der Waals surface area (Å²) in [6, 6.07) is 1.70. The first-order chi connectivity index (χ1) is 16.7. The third-order valence-electron chi connectivity index (χ3n) is 8.76. The predicted molar refractivity (Wildman–Crippen MR) is 117 cm³/mol. The number of nitrogens with zero attached hydrogens (tertiary/aromatic N) is 6. The van der Waals surface area contributed by atoms with E-state index in [-0.39, 0.29) is 16.9 Å². The van der Waals surface area contributed by atoms with Gasteiger partial charge in [-0.05, 0) is 56.9 Å². The van der Waals surface area contributed by atoms with E-state index in [9.17, 15) is 18.0 Å². The summed E-state index contributed by atoms with van der Waals surface area (Å²) in [5.74, 6) is 2.24. The van der Waals surface area contributed by atoms with Gasteiger partial charge in [-0.1, -0.05) is 0 Å². The molecule has 5 aliphatic rings. The van der Waals surface area contributed by atoms with E-state index in [1.54, 1.807) is 6.07 Å². The van der Waals surface area contributed by atoms with Gasteiger partial charge in [-0.3, -0.25) is 5.10 Å². The lowest BCUT2D eigenvalue weighted by atomic mass is 9.56. The molecule has 8 nitrogen and oxygen atoms in total. The van der Waals surface area contributed by atoms with Gasteiger partial charge in [0.25, 0.3) is 0 Å². The number of carbonyl (C=O) groups is 1. The topological polar surface area (TPSA) is 90.9 Å². The van der Waals surface area contributed by atoms with Gasteiger partial charge in [0.1, 0.15) is 5.82 Å². The van der Waals surface area contributed by atoms with Crippen molar-refractivity contribution in [2.45, 2.75) is 63.0 Å². The van der Waals surface area contributed by atoms with Crippen molar-refractivity contribution in [1.82, 2.24) is 34.9 Å². The van der Waals surface area contributed by atoms with Crippen LogP contribution in [0.4, 0.5) is 18.0 Å². The maximum Gasteiger partial charge on any atom is 0.451 e. The molecule has 1 N–H and O–H groups in total. The molecule has 2 spiro atoms. The van der Waals surface area contributed by atoms with Gasteiger partial charge in [-0.15, -0.1) is 0 Å². The normalized spacial score (nSPS) is 25.2. The maximum atomic E-state index is 12.9. The maximum absolute atomic E-state index is 12.9. The molecule has 3 aliphatic carbocycles. The minimum Gasteiger partial charge on any atom is -0.323 e. The molecule has 2 saturated heterocycles. The lowest BCUT2D eigenvalue weighted by Gasteiger charge is -2.63. The van der Waals surface area contributed by atoms with Crippen LogP contribution in [-0.2, 0) is 12.6 Å². The Kier molecular flexibility index (Phi) is 4.41. The molecule has 7 rings (SSSR count). The van der Waals surface area contributed by atoms with Crippen LogP contribution in [-0.4, -0.2) is 67.2 Å². The molecule has 2 aromatic heterocycles. The molecule has 0 atom stereocenters. The number of hydrogen-bond donors (Lipinski definition) is 1. The number of carbonyl (C=O) groups excluding carboxylic acids is 1. The first kappa shape index (κ1) is 21.6. The Hall–Kier alpha value is -2.72. The molecule has 186 valence electrons. The highest BCUT2D eigenvalue weighted by molar-refractivity contribution is 5.77. The number of likely N-dealkylation sites (tertiary alicyclic amines) is 2. The third kappa shape index (κ3) is 3.69. The van der Waals surface area contributed by atoms with E-state index in [1.165, 1.54) is 19.0 Å². The summed E-state index contributed by atoms with van der Waals surface area (Å²) in [7, 11) is 0. The second-order valence-electron chi connectivity index (χ2n) is 11.8. The van der Waals surface area contributed by atoms with E-state index in [2.05, 4.69) is 25.1 Å². The van der Waals surface area contributed by atoms with Crippen molar-refractivity contribution in [1.29, 1.82) is 0 Å². The zero-order valence-corrected chi connectivity index (χ0v) is 19.4. The smallest absolute Gasteiger partial charge is 0.323 e. The monoisotopic (exact) mass is 487 g/mol. The van der Waals surface area contributed by atoms with E-state index in [4.69, 9.17) is 0 Å². The van der Waals surface area contributed by atoms with Crippen LogP contribution < -0.4 is 0 Å². The zero-order chi connectivity index (χ0) is 24.0. The van der Waals surface area contributed by atoms with Gasteiger partial charge in [0, 0.05) is 60.7 Å². The van der Waals surface area contributed by atoms with Crippen LogP contribution >= 0.6 is 0 Å². The highest BCUT2D eigenvalue weighted by Crippen LogP contribution is 2.57. The highest BCUT2D eigenvalue weighted by atomic mass is 19.4. The van der Waals surface area contributed by atoms with Gasteiger partial charge in [-0.25, -0.2) is 19.7 Å². The largest absolute Gasteiger partial charge is 0.451 e. The fourth-order valence-electron chi connectivity index (χ4n) is 6.94. The Balaban J connectivity index is 0.851. The van der Waals surface area contributed by atoms with Gasteiger partial charge in [0.05, 0.1) is 0 Å². The molecule has 2 aromatic rings. The predicted octanol–water partition coefficient (Wildman–Crippen LogP) is 3.75. The van der Waals surface area contributed by atoms with E-state index in [0.717, 1.165) is 63.5 Å². The molecule has 4 heterocycles. The second kappa shape index (κ2) is 7.16. The molecular weight excluding hydrogens is 459 g/mol. The number of hydrogen-bond acceptors (Lipinski definition) is 5. The van der Waals surface area contributed by atoms with Crippen LogP contribution in [0.3, 0.4) is 0 Å². The van der Waals surface area contributed by atoms with Gasteiger partial charge >= 0.3 is 12.2 Å². The van der Waals surface area contributed by atoms with Crippen molar-refractivity contribution in [3.63, 3.8) is 0 Å². The van der Waals surface area contributed by atoms with Crippen LogP contribution in [0.1, 0.15) is 73.5 Å². The molecule has 5 fully saturated rings. The Labute approximate surface area is 200 Å². The molecule has 2 amide bonds. The summed E-state index contributed by atoms with van der Waals surface area (Å²) < 4.78 is 38.5. The summed E-state index contributed by atoms with van der Waals surface area (Å²) in [6.45, 7) is 3.17. The standard InChI is InChI=1S/C24H28F3N7O/c25-24(26,27)20-28-4-3-17(29-20)5-14-6-22(7-14)10-33(11-22)21(35)34-12-23(13-34)8-16(9-23)19-30-18(31-32-19)15-1-2-15/h3-4,14-16H,1-2,5-13H2,(H,30,31,32). The van der Waals surface area contributed by atoms with Crippen LogP contribution in [0.15, 0.2) is 12.3 Å². The Morgan fingerprint density at radius 1 is 1.00 bits per heavy atom. The molecule has 0 aromatic carbocycles. The number of alkyl halides is 3. The molecule has 35 heavy (non-hydrogen) atoms. The summed E-state index contributed by atoms with van der Waals surface area (Å²) in [6.07, 6.45) is 3.62. The van der Waals surface area contributed by atoms with Crippen molar-refractivity contribution < 1.29 is 18.0 Å². The highest BCUT2D eigenvalue weighted by Gasteiger charge is 2.58. The van der Waals surface area contributed by atoms with Crippen molar-refractivity contribution in [3.05, 3.63) is 35.4 Å². The molecule has 0 bridgehead atoms. The first-order valence-electron chi connectivity index (χ1n) is 12.5. The molecule has 2 aliphatic heterocycles. The number of H-pyrrole nitrogens is 1. The number of aromatic nitrogens is 5. The molecule has 11 heteroatoms. The van der Waals surface area contributed by atoms with Crippen molar-refractivity contribution >= 4 is 6.03 Å². The number of nitrogens with one attached hydrogen (secondary N) is 1. The zero-order valence-electron chi connectivity index (χ0n) is 19.4. The number of halogens is 3. The van der Waals surface area contributed by atoms with Gasteiger partial charge in [0.15, 0.2) is 5.82 Å². The van der Waals surface area contributed by atoms with Crippen LogP contribution in [0.25, 0.3) is 0 Å². The summed E-state index contributed by atoms with van der Waals surface area (Å²) in [5, 5.41) is 7.50. The second-order valence-corrected chi connectivity index (χ2v) is 11.8. The number of urea groups is 1. The van der Waals surface area contributed by atoms with E-state index >= 15 is 0 Å². The number of amides is 2. The van der Waals surface area contributed by atoms with E-state index < -0.39 is 12.0 Å². The molecule has 0 radical (unpaired) electrons. The van der Waals surface area contributed by atoms with Crippen molar-refractivity contribution in [2.75, 3.05) is 26.2 Å². The van der Waals surface area contributed by atoms with Crippen LogP contribution in [0.5, 0.6) is 0 Å². The average molecular weight is 488 g/mol.